The van der Waals surface area contributed by atoms with Gasteiger partial charge in [0.05, 0.1) is 15.1 Å². The Kier molecular flexibility index (Phi) is 6.40. The van der Waals surface area contributed by atoms with Crippen molar-refractivity contribution in [2.24, 2.45) is 4.99 Å². The summed E-state index contributed by atoms with van der Waals surface area (Å²) in [5.74, 6) is -0.464. The summed E-state index contributed by atoms with van der Waals surface area (Å²) in [6, 6.07) is 20.2. The minimum Gasteiger partial charge on any atom is -0.312 e. The van der Waals surface area contributed by atoms with E-state index < -0.39 is 15.9 Å². The van der Waals surface area contributed by atoms with Crippen LogP contribution >= 0.6 is 27.3 Å². The van der Waals surface area contributed by atoms with Crippen LogP contribution < -0.4 is 9.52 Å². The molecule has 0 bridgehead atoms. The number of hydrogen-bond acceptors (Lipinski definition) is 4. The molecule has 32 heavy (non-hydrogen) atoms. The second-order valence-electron chi connectivity index (χ2n) is 6.81. The number of anilines is 1. The largest absolute Gasteiger partial charge is 0.312 e. The van der Waals surface area contributed by atoms with E-state index in [1.807, 2.05) is 22.8 Å². The van der Waals surface area contributed by atoms with Gasteiger partial charge in [0, 0.05) is 22.3 Å². The van der Waals surface area contributed by atoms with Gasteiger partial charge in [0.2, 0.25) is 0 Å². The van der Waals surface area contributed by atoms with Crippen LogP contribution in [0.3, 0.4) is 0 Å². The molecule has 0 fully saturated rings. The maximum Gasteiger partial charge on any atom is 0.279 e. The van der Waals surface area contributed by atoms with Crippen LogP contribution in [0.1, 0.15) is 10.4 Å². The first-order chi connectivity index (χ1) is 15.4. The van der Waals surface area contributed by atoms with E-state index >= 15 is 0 Å². The molecule has 0 radical (unpaired) electrons. The van der Waals surface area contributed by atoms with Crippen LogP contribution in [-0.2, 0) is 16.6 Å². The molecule has 1 amide bonds. The first kappa shape index (κ1) is 22.2. The molecule has 1 aromatic heterocycles. The van der Waals surface area contributed by atoms with Gasteiger partial charge < -0.3 is 4.57 Å². The molecule has 0 aliphatic carbocycles. The Morgan fingerprint density at radius 1 is 1.09 bits per heavy atom. The third-order valence-corrected chi connectivity index (χ3v) is 7.50. The van der Waals surface area contributed by atoms with Gasteiger partial charge in [0.15, 0.2) is 4.80 Å². The summed E-state index contributed by atoms with van der Waals surface area (Å²) in [5.41, 5.74) is 1.52. The van der Waals surface area contributed by atoms with Crippen molar-refractivity contribution in [3.63, 3.8) is 0 Å². The second-order valence-corrected chi connectivity index (χ2v) is 10.4. The Bertz CT molecular complexity index is 1490. The molecule has 0 saturated heterocycles. The fourth-order valence-corrected chi connectivity index (χ4v) is 5.78. The third-order valence-electron chi connectivity index (χ3n) is 4.57. The lowest BCUT2D eigenvalue weighted by atomic mass is 10.2. The van der Waals surface area contributed by atoms with Crippen molar-refractivity contribution in [2.75, 3.05) is 4.72 Å². The van der Waals surface area contributed by atoms with E-state index in [0.717, 1.165) is 14.7 Å². The molecule has 0 aliphatic heterocycles. The van der Waals surface area contributed by atoms with Crippen LogP contribution in [0, 0.1) is 0 Å². The molecule has 4 aromatic rings. The topological polar surface area (TPSA) is 80.5 Å². The number of allylic oxidation sites excluding steroid dienone is 1. The highest BCUT2D eigenvalue weighted by atomic mass is 79.9. The van der Waals surface area contributed by atoms with Crippen molar-refractivity contribution in [1.29, 1.82) is 0 Å². The molecule has 162 valence electrons. The number of sulfonamides is 1. The zero-order valence-electron chi connectivity index (χ0n) is 16.7. The van der Waals surface area contributed by atoms with Gasteiger partial charge in [0.1, 0.15) is 0 Å². The zero-order valence-corrected chi connectivity index (χ0v) is 20.0. The van der Waals surface area contributed by atoms with E-state index in [1.165, 1.54) is 29.5 Å². The van der Waals surface area contributed by atoms with E-state index in [4.69, 9.17) is 0 Å². The van der Waals surface area contributed by atoms with Crippen molar-refractivity contribution >= 4 is 59.1 Å². The average Bonchev–Trinajstić information content (AvgIpc) is 3.10. The predicted octanol–water partition coefficient (Wildman–Crippen LogP) is 5.19. The van der Waals surface area contributed by atoms with Crippen molar-refractivity contribution in [2.45, 2.75) is 11.4 Å². The number of thiazole rings is 1. The van der Waals surface area contributed by atoms with Crippen molar-refractivity contribution in [3.05, 3.63) is 100 Å². The Morgan fingerprint density at radius 2 is 1.88 bits per heavy atom. The Labute approximate surface area is 197 Å². The van der Waals surface area contributed by atoms with Gasteiger partial charge in [-0.1, -0.05) is 57.6 Å². The average molecular weight is 528 g/mol. The molecule has 4 rings (SSSR count). The number of hydrogen-bond donors (Lipinski definition) is 1. The fraction of sp³-hybridized carbons (Fsp3) is 0.0435. The second kappa shape index (κ2) is 9.23. The Hall–Kier alpha value is -3.01. The molecule has 6 nitrogen and oxygen atoms in total. The maximum atomic E-state index is 12.9. The monoisotopic (exact) mass is 527 g/mol. The highest BCUT2D eigenvalue weighted by molar-refractivity contribution is 9.10. The van der Waals surface area contributed by atoms with Crippen LogP contribution in [0.5, 0.6) is 0 Å². The van der Waals surface area contributed by atoms with E-state index in [0.29, 0.717) is 11.3 Å². The lowest BCUT2D eigenvalue weighted by molar-refractivity contribution is 0.0998. The number of carbonyl (C=O) groups excluding carboxylic acids is 1. The number of halogens is 1. The summed E-state index contributed by atoms with van der Waals surface area (Å²) >= 11 is 4.86. The summed E-state index contributed by atoms with van der Waals surface area (Å²) in [5, 5.41) is 0. The normalized spacial score (nSPS) is 12.1. The molecule has 9 heteroatoms. The number of nitrogens with one attached hydrogen (secondary N) is 1. The number of aromatic nitrogens is 1. The first-order valence-electron chi connectivity index (χ1n) is 9.54. The molecule has 0 spiro atoms. The number of benzene rings is 3. The molecule has 1 heterocycles. The summed E-state index contributed by atoms with van der Waals surface area (Å²) in [7, 11) is -3.76. The van der Waals surface area contributed by atoms with E-state index in [9.17, 15) is 13.2 Å². The van der Waals surface area contributed by atoms with Gasteiger partial charge in [0.25, 0.3) is 15.9 Å². The third kappa shape index (κ3) is 4.74. The molecule has 0 unspecified atom stereocenters. The number of fused-ring (bicyclic) bond motifs is 1. The van der Waals surface area contributed by atoms with E-state index in [1.54, 1.807) is 42.5 Å². The number of amides is 1. The molecular weight excluding hydrogens is 510 g/mol. The van der Waals surface area contributed by atoms with Crippen LogP contribution in [0.2, 0.25) is 0 Å². The highest BCUT2D eigenvalue weighted by Gasteiger charge is 2.15. The van der Waals surface area contributed by atoms with Gasteiger partial charge >= 0.3 is 0 Å². The quantitative estimate of drug-likeness (QED) is 0.350. The number of rotatable bonds is 6. The minimum absolute atomic E-state index is 0.142. The first-order valence-corrected chi connectivity index (χ1v) is 12.6. The number of carbonyl (C=O) groups is 1. The summed E-state index contributed by atoms with van der Waals surface area (Å²) < 4.78 is 31.5. The summed E-state index contributed by atoms with van der Waals surface area (Å²) in [6.07, 6.45) is 1.75. The predicted molar refractivity (Wildman–Crippen MR) is 131 cm³/mol. The zero-order chi connectivity index (χ0) is 22.7. The van der Waals surface area contributed by atoms with Gasteiger partial charge in [-0.3, -0.25) is 9.52 Å². The van der Waals surface area contributed by atoms with Gasteiger partial charge in [-0.2, -0.15) is 4.99 Å². The lowest BCUT2D eigenvalue weighted by Crippen LogP contribution is -2.16. The highest BCUT2D eigenvalue weighted by Crippen LogP contribution is 2.23. The Morgan fingerprint density at radius 3 is 2.62 bits per heavy atom. The van der Waals surface area contributed by atoms with Crippen LogP contribution in [-0.4, -0.2) is 18.9 Å². The number of nitrogens with zero attached hydrogens (tertiary/aromatic N) is 2. The van der Waals surface area contributed by atoms with E-state index in [-0.39, 0.29) is 16.1 Å². The maximum absolute atomic E-state index is 12.9. The molecule has 0 aliphatic rings. The minimum atomic E-state index is -3.76. The fourth-order valence-electron chi connectivity index (χ4n) is 3.12. The SMILES string of the molecule is C=CCn1c(=NC(=O)c2cccc(NS(=O)(=O)c3ccccc3)c2)sc2cc(Br)ccc21. The van der Waals surface area contributed by atoms with E-state index in [2.05, 4.69) is 32.2 Å². The molecule has 3 aromatic carbocycles. The molecule has 0 atom stereocenters. The summed E-state index contributed by atoms with van der Waals surface area (Å²) in [4.78, 5) is 17.9. The molecule has 1 N–H and O–H groups in total. The van der Waals surface area contributed by atoms with Crippen LogP contribution in [0.25, 0.3) is 10.2 Å². The van der Waals surface area contributed by atoms with Crippen molar-refractivity contribution < 1.29 is 13.2 Å². The van der Waals surface area contributed by atoms with Gasteiger partial charge in [-0.15, -0.1) is 6.58 Å². The lowest BCUT2D eigenvalue weighted by Gasteiger charge is -2.08. The van der Waals surface area contributed by atoms with Crippen molar-refractivity contribution in [3.8, 4) is 0 Å². The molecular formula is C23H18BrN3O3S2. The van der Waals surface area contributed by atoms with Crippen LogP contribution in [0.4, 0.5) is 5.69 Å². The van der Waals surface area contributed by atoms with Gasteiger partial charge in [-0.25, -0.2) is 8.42 Å². The summed E-state index contributed by atoms with van der Waals surface area (Å²) in [6.45, 7) is 4.30. The van der Waals surface area contributed by atoms with Crippen molar-refractivity contribution in [1.82, 2.24) is 4.57 Å². The smallest absolute Gasteiger partial charge is 0.279 e. The van der Waals surface area contributed by atoms with Gasteiger partial charge in [-0.05, 0) is 48.5 Å². The Balaban J connectivity index is 1.69. The van der Waals surface area contributed by atoms with Crippen LogP contribution in [0.15, 0.2) is 99.8 Å². The standard InChI is InChI=1S/C23H18BrN3O3S2/c1-2-13-27-20-12-11-17(24)15-21(20)31-23(27)25-22(28)16-7-6-8-18(14-16)26-32(29,30)19-9-4-3-5-10-19/h2-12,14-15,26H,1,13H2. The molecule has 0 saturated carbocycles.